The fourth-order valence-electron chi connectivity index (χ4n) is 2.93. The molecule has 1 aliphatic rings. The second-order valence-electron chi connectivity index (χ2n) is 6.21. The summed E-state index contributed by atoms with van der Waals surface area (Å²) >= 11 is 1.91. The summed E-state index contributed by atoms with van der Waals surface area (Å²) in [6, 6.07) is 21.1. The van der Waals surface area contributed by atoms with Crippen molar-refractivity contribution in [3.63, 3.8) is 0 Å². The maximum atomic E-state index is 10.6. The highest BCUT2D eigenvalue weighted by molar-refractivity contribution is 7.99. The summed E-state index contributed by atoms with van der Waals surface area (Å²) < 4.78 is 5.24. The van der Waals surface area contributed by atoms with Gasteiger partial charge < -0.3 is 20.1 Å². The molecule has 0 aromatic heterocycles. The molecule has 3 rings (SSSR count). The lowest BCUT2D eigenvalue weighted by Gasteiger charge is -2.28. The van der Waals surface area contributed by atoms with Crippen LogP contribution in [0.25, 0.3) is 0 Å². The molecule has 0 atom stereocenters. The van der Waals surface area contributed by atoms with Crippen LogP contribution in [0.2, 0.25) is 0 Å². The molecule has 1 aliphatic heterocycles. The number of hydrogen-bond acceptors (Lipinski definition) is 5. The van der Waals surface area contributed by atoms with E-state index in [0.717, 1.165) is 25.4 Å². The predicted octanol–water partition coefficient (Wildman–Crippen LogP) is 3.31. The number of ether oxygens (including phenoxy) is 1. The van der Waals surface area contributed by atoms with Gasteiger partial charge >= 0.3 is 5.97 Å². The van der Waals surface area contributed by atoms with Crippen LogP contribution in [0.1, 0.15) is 16.4 Å². The van der Waals surface area contributed by atoms with E-state index in [1.807, 2.05) is 30.1 Å². The average molecular weight is 385 g/mol. The molecule has 2 N–H and O–H groups in total. The molecular weight excluding hydrogens is 360 g/mol. The molecule has 0 unspecified atom stereocenters. The maximum Gasteiger partial charge on any atom is 0.341 e. The van der Waals surface area contributed by atoms with Crippen LogP contribution in [-0.4, -0.2) is 48.0 Å². The number of nitrogens with zero attached hydrogens (tertiary/aromatic N) is 1. The Kier molecular flexibility index (Phi) is 7.04. The van der Waals surface area contributed by atoms with Gasteiger partial charge in [-0.1, -0.05) is 60.7 Å². The fourth-order valence-corrected chi connectivity index (χ4v) is 4.21. The second kappa shape index (κ2) is 9.92. The monoisotopic (exact) mass is 384 g/mol. The van der Waals surface area contributed by atoms with Crippen molar-refractivity contribution in [1.29, 1.82) is 0 Å². The molecule has 0 radical (unpaired) electrons. The van der Waals surface area contributed by atoms with Crippen molar-refractivity contribution in [1.82, 2.24) is 10.2 Å². The summed E-state index contributed by atoms with van der Waals surface area (Å²) in [5.41, 5.74) is 2.60. The average Bonchev–Trinajstić information content (AvgIpc) is 2.71. The van der Waals surface area contributed by atoms with Crippen LogP contribution in [0.5, 0.6) is 0 Å². The van der Waals surface area contributed by atoms with E-state index in [0.29, 0.717) is 11.1 Å². The molecule has 0 saturated heterocycles. The smallest absolute Gasteiger partial charge is 0.341 e. The Hall–Kier alpha value is -2.60. The van der Waals surface area contributed by atoms with Gasteiger partial charge in [-0.3, -0.25) is 0 Å². The number of nitrogens with one attached hydrogen (secondary N) is 1. The van der Waals surface area contributed by atoms with Crippen LogP contribution in [0.15, 0.2) is 72.7 Å². The Balaban J connectivity index is 1.59. The molecule has 2 aromatic rings. The molecule has 2 aromatic carbocycles. The van der Waals surface area contributed by atoms with Crippen LogP contribution >= 0.6 is 11.8 Å². The van der Waals surface area contributed by atoms with Crippen molar-refractivity contribution in [2.75, 3.05) is 32.0 Å². The first-order valence-corrected chi connectivity index (χ1v) is 10.0. The van der Waals surface area contributed by atoms with Crippen molar-refractivity contribution in [2.24, 2.45) is 0 Å². The molecule has 0 amide bonds. The van der Waals surface area contributed by atoms with Gasteiger partial charge in [-0.05, 0) is 11.1 Å². The Morgan fingerprint density at radius 3 is 2.33 bits per heavy atom. The number of hydrogen-bond donors (Lipinski definition) is 2. The molecule has 5 nitrogen and oxygen atoms in total. The summed E-state index contributed by atoms with van der Waals surface area (Å²) in [5.74, 6) is 0.507. The first-order chi connectivity index (χ1) is 13.2. The topological polar surface area (TPSA) is 61.8 Å². The number of carboxylic acids is 1. The normalized spacial score (nSPS) is 13.8. The molecule has 0 saturated carbocycles. The van der Waals surface area contributed by atoms with Crippen LogP contribution in [0, 0.1) is 0 Å². The molecule has 0 spiro atoms. The van der Waals surface area contributed by atoms with Gasteiger partial charge in [0, 0.05) is 25.4 Å². The zero-order chi connectivity index (χ0) is 18.9. The van der Waals surface area contributed by atoms with Gasteiger partial charge in [0.2, 0.25) is 5.88 Å². The van der Waals surface area contributed by atoms with Crippen LogP contribution in [0.3, 0.4) is 0 Å². The molecule has 0 bridgehead atoms. The van der Waals surface area contributed by atoms with E-state index >= 15 is 0 Å². The SMILES string of the molecule is O=C(O)COC1=CN(CCSC(c2ccccc2)c2ccccc2)CCN1. The minimum Gasteiger partial charge on any atom is -0.479 e. The maximum absolute atomic E-state index is 10.6. The van der Waals surface area contributed by atoms with Gasteiger partial charge in [-0.25, -0.2) is 4.79 Å². The van der Waals surface area contributed by atoms with Gasteiger partial charge in [-0.2, -0.15) is 0 Å². The molecule has 27 heavy (non-hydrogen) atoms. The molecule has 142 valence electrons. The largest absolute Gasteiger partial charge is 0.479 e. The number of carbonyl (C=O) groups is 1. The molecule has 0 aliphatic carbocycles. The summed E-state index contributed by atoms with van der Waals surface area (Å²) in [4.78, 5) is 12.8. The zero-order valence-electron chi connectivity index (χ0n) is 15.1. The lowest BCUT2D eigenvalue weighted by molar-refractivity contribution is -0.141. The lowest BCUT2D eigenvalue weighted by Crippen LogP contribution is -2.37. The highest BCUT2D eigenvalue weighted by Crippen LogP contribution is 2.35. The van der Waals surface area contributed by atoms with Crippen molar-refractivity contribution < 1.29 is 14.6 Å². The highest BCUT2D eigenvalue weighted by Gasteiger charge is 2.16. The summed E-state index contributed by atoms with van der Waals surface area (Å²) in [6.07, 6.45) is 1.87. The van der Waals surface area contributed by atoms with Crippen molar-refractivity contribution >= 4 is 17.7 Å². The Bertz CT molecular complexity index is 713. The van der Waals surface area contributed by atoms with Crippen molar-refractivity contribution in [2.45, 2.75) is 5.25 Å². The van der Waals surface area contributed by atoms with E-state index in [4.69, 9.17) is 9.84 Å². The Labute approximate surface area is 164 Å². The van der Waals surface area contributed by atoms with E-state index in [1.165, 1.54) is 11.1 Å². The quantitative estimate of drug-likeness (QED) is 0.692. The number of thioether (sulfide) groups is 1. The van der Waals surface area contributed by atoms with Gasteiger partial charge in [0.25, 0.3) is 0 Å². The van der Waals surface area contributed by atoms with E-state index in [-0.39, 0.29) is 6.61 Å². The van der Waals surface area contributed by atoms with Gasteiger partial charge in [0.1, 0.15) is 0 Å². The van der Waals surface area contributed by atoms with Crippen molar-refractivity contribution in [3.05, 3.63) is 83.9 Å². The third-order valence-electron chi connectivity index (χ3n) is 4.22. The minimum absolute atomic E-state index is 0.294. The first kappa shape index (κ1) is 19.2. The van der Waals surface area contributed by atoms with E-state index < -0.39 is 5.97 Å². The van der Waals surface area contributed by atoms with Gasteiger partial charge in [0.15, 0.2) is 6.61 Å². The standard InChI is InChI=1S/C21H24N2O3S/c24-20(25)16-26-19-15-23(12-11-22-19)13-14-27-21(17-7-3-1-4-8-17)18-9-5-2-6-10-18/h1-10,15,21-22H,11-14,16H2,(H,24,25). The number of aliphatic carboxylic acids is 1. The van der Waals surface area contributed by atoms with Crippen molar-refractivity contribution in [3.8, 4) is 0 Å². The Morgan fingerprint density at radius 1 is 1.11 bits per heavy atom. The second-order valence-corrected chi connectivity index (χ2v) is 7.42. The minimum atomic E-state index is -0.973. The fraction of sp³-hybridized carbons (Fsp3) is 0.286. The van der Waals surface area contributed by atoms with E-state index in [1.54, 1.807) is 0 Å². The molecule has 1 heterocycles. The first-order valence-electron chi connectivity index (χ1n) is 8.98. The lowest BCUT2D eigenvalue weighted by atomic mass is 10.0. The number of rotatable bonds is 9. The zero-order valence-corrected chi connectivity index (χ0v) is 15.9. The summed E-state index contributed by atoms with van der Waals surface area (Å²) in [6.45, 7) is 2.17. The van der Waals surface area contributed by atoms with Crippen LogP contribution < -0.4 is 5.32 Å². The van der Waals surface area contributed by atoms with Gasteiger partial charge in [0.05, 0.1) is 11.4 Å². The summed E-state index contributed by atoms with van der Waals surface area (Å²) in [7, 11) is 0. The molecule has 0 fully saturated rings. The van der Waals surface area contributed by atoms with Gasteiger partial charge in [-0.15, -0.1) is 11.8 Å². The molecule has 6 heteroatoms. The third kappa shape index (κ3) is 5.96. The molecular formula is C21H24N2O3S. The Morgan fingerprint density at radius 2 is 1.74 bits per heavy atom. The summed E-state index contributed by atoms with van der Waals surface area (Å²) in [5, 5.41) is 12.1. The van der Waals surface area contributed by atoms with E-state index in [9.17, 15) is 4.79 Å². The van der Waals surface area contributed by atoms with Crippen LogP contribution in [0.4, 0.5) is 0 Å². The predicted molar refractivity (Wildman–Crippen MR) is 108 cm³/mol. The van der Waals surface area contributed by atoms with Crippen LogP contribution in [-0.2, 0) is 9.53 Å². The van der Waals surface area contributed by atoms with E-state index in [2.05, 4.69) is 58.7 Å². The number of benzene rings is 2. The third-order valence-corrected chi connectivity index (χ3v) is 5.51. The highest BCUT2D eigenvalue weighted by atomic mass is 32.2. The number of carboxylic acid groups (broad SMARTS) is 1.